The van der Waals surface area contributed by atoms with Crippen LogP contribution in [-0.2, 0) is 4.79 Å². The highest BCUT2D eigenvalue weighted by atomic mass is 16.1. The zero-order valence-corrected chi connectivity index (χ0v) is 18.6. The fourth-order valence-electron chi connectivity index (χ4n) is 6.49. The quantitative estimate of drug-likeness (QED) is 0.753. The fourth-order valence-corrected chi connectivity index (χ4v) is 6.49. The molecule has 2 aromatic rings. The van der Waals surface area contributed by atoms with Gasteiger partial charge in [-0.05, 0) is 68.5 Å². The molecule has 1 saturated carbocycles. The standard InChI is InChI=1S/C25H34N4O/c1-16-7-18(8-21(30)10-23-19-9-20(23)15-28(3)14-19)13-29(12-16)24-11-27-17(2)25-22(24)5-4-6-26-25/h4-6,11,16,18-20,23H,7-10,12-15H2,1-3H3/t16-,18-,19?,20?,23?/m0/s1. The number of pyridine rings is 2. The molecule has 2 aromatic heterocycles. The number of piperidine rings is 3. The maximum atomic E-state index is 13.0. The topological polar surface area (TPSA) is 49.3 Å². The Hall–Kier alpha value is -2.01. The van der Waals surface area contributed by atoms with E-state index in [0.29, 0.717) is 23.5 Å². The number of ketones is 1. The molecule has 0 radical (unpaired) electrons. The maximum Gasteiger partial charge on any atom is 0.133 e. The van der Waals surface area contributed by atoms with Gasteiger partial charge in [0.1, 0.15) is 5.78 Å². The predicted molar refractivity (Wildman–Crippen MR) is 121 cm³/mol. The summed E-state index contributed by atoms with van der Waals surface area (Å²) in [5.74, 6) is 3.70. The molecule has 30 heavy (non-hydrogen) atoms. The van der Waals surface area contributed by atoms with Gasteiger partial charge in [-0.15, -0.1) is 0 Å². The molecule has 2 aliphatic heterocycles. The second-order valence-corrected chi connectivity index (χ2v) is 10.3. The SMILES string of the molecule is Cc1ncc(N2C[C@@H](C)C[C@@H](CC(=O)CC3C4CC3CN(C)C4)C2)c2cccnc12. The van der Waals surface area contributed by atoms with Crippen molar-refractivity contribution in [3.63, 3.8) is 0 Å². The highest BCUT2D eigenvalue weighted by molar-refractivity contribution is 5.92. The van der Waals surface area contributed by atoms with Gasteiger partial charge in [0, 0.05) is 50.6 Å². The molecule has 4 atom stereocenters. The summed E-state index contributed by atoms with van der Waals surface area (Å²) in [4.78, 5) is 27.0. The molecule has 2 bridgehead atoms. The van der Waals surface area contributed by atoms with E-state index in [1.54, 1.807) is 0 Å². The van der Waals surface area contributed by atoms with E-state index < -0.39 is 0 Å². The van der Waals surface area contributed by atoms with E-state index in [9.17, 15) is 4.79 Å². The van der Waals surface area contributed by atoms with Crippen LogP contribution in [0.3, 0.4) is 0 Å². The Balaban J connectivity index is 1.27. The molecule has 2 saturated heterocycles. The lowest BCUT2D eigenvalue weighted by atomic mass is 9.60. The Morgan fingerprint density at radius 2 is 1.90 bits per heavy atom. The lowest BCUT2D eigenvalue weighted by Crippen LogP contribution is -2.54. The number of aromatic nitrogens is 2. The second kappa shape index (κ2) is 7.92. The Morgan fingerprint density at radius 3 is 2.70 bits per heavy atom. The summed E-state index contributed by atoms with van der Waals surface area (Å²) in [7, 11) is 2.22. The average Bonchev–Trinajstić information content (AvgIpc) is 2.72. The third-order valence-corrected chi connectivity index (χ3v) is 7.78. The van der Waals surface area contributed by atoms with Crippen LogP contribution in [-0.4, -0.2) is 53.9 Å². The number of rotatable bonds is 5. The van der Waals surface area contributed by atoms with Crippen molar-refractivity contribution in [2.45, 2.75) is 39.5 Å². The van der Waals surface area contributed by atoms with Gasteiger partial charge in [-0.2, -0.15) is 0 Å². The normalized spacial score (nSPS) is 31.6. The Kier molecular flexibility index (Phi) is 5.26. The number of anilines is 1. The maximum absolute atomic E-state index is 13.0. The van der Waals surface area contributed by atoms with Crippen LogP contribution >= 0.6 is 0 Å². The summed E-state index contributed by atoms with van der Waals surface area (Å²) in [6, 6.07) is 4.16. The monoisotopic (exact) mass is 406 g/mol. The van der Waals surface area contributed by atoms with Gasteiger partial charge in [0.2, 0.25) is 0 Å². The molecule has 3 aliphatic rings. The van der Waals surface area contributed by atoms with E-state index in [2.05, 4.69) is 39.8 Å². The first-order valence-electron chi connectivity index (χ1n) is 11.6. The molecular weight excluding hydrogens is 372 g/mol. The third kappa shape index (κ3) is 3.73. The van der Waals surface area contributed by atoms with Gasteiger partial charge in [0.25, 0.3) is 0 Å². The van der Waals surface area contributed by atoms with Crippen molar-refractivity contribution in [1.29, 1.82) is 0 Å². The van der Waals surface area contributed by atoms with E-state index in [0.717, 1.165) is 55.4 Å². The van der Waals surface area contributed by atoms with Crippen molar-refractivity contribution in [3.05, 3.63) is 30.2 Å². The zero-order valence-electron chi connectivity index (χ0n) is 18.6. The Bertz CT molecular complexity index is 932. The van der Waals surface area contributed by atoms with Crippen molar-refractivity contribution >= 4 is 22.4 Å². The molecule has 0 aromatic carbocycles. The summed E-state index contributed by atoms with van der Waals surface area (Å²) >= 11 is 0. The molecule has 0 N–H and O–H groups in total. The number of nitrogens with zero attached hydrogens (tertiary/aromatic N) is 4. The van der Waals surface area contributed by atoms with Gasteiger partial charge >= 0.3 is 0 Å². The summed E-state index contributed by atoms with van der Waals surface area (Å²) in [6.07, 6.45) is 7.89. The summed E-state index contributed by atoms with van der Waals surface area (Å²) in [5.41, 5.74) is 3.13. The molecule has 1 aliphatic carbocycles. The largest absolute Gasteiger partial charge is 0.369 e. The average molecular weight is 407 g/mol. The van der Waals surface area contributed by atoms with E-state index in [1.807, 2.05) is 25.4 Å². The van der Waals surface area contributed by atoms with Gasteiger partial charge < -0.3 is 9.80 Å². The van der Waals surface area contributed by atoms with Crippen LogP contribution in [0.5, 0.6) is 0 Å². The summed E-state index contributed by atoms with van der Waals surface area (Å²) in [5, 5.41) is 1.18. The van der Waals surface area contributed by atoms with Crippen molar-refractivity contribution in [2.24, 2.45) is 29.6 Å². The molecule has 4 heterocycles. The first-order valence-corrected chi connectivity index (χ1v) is 11.6. The zero-order chi connectivity index (χ0) is 20.8. The Labute approximate surface area is 179 Å². The number of carbonyl (C=O) groups excluding carboxylic acids is 1. The molecule has 5 heteroatoms. The number of carbonyl (C=O) groups is 1. The van der Waals surface area contributed by atoms with E-state index in [4.69, 9.17) is 0 Å². The summed E-state index contributed by atoms with van der Waals surface area (Å²) in [6.45, 7) is 8.68. The number of fused-ring (bicyclic) bond motifs is 3. The smallest absolute Gasteiger partial charge is 0.133 e. The van der Waals surface area contributed by atoms with Crippen LogP contribution in [0.25, 0.3) is 10.9 Å². The summed E-state index contributed by atoms with van der Waals surface area (Å²) < 4.78 is 0. The molecular formula is C25H34N4O. The fraction of sp³-hybridized carbons (Fsp3) is 0.640. The first kappa shape index (κ1) is 19.9. The van der Waals surface area contributed by atoms with E-state index >= 15 is 0 Å². The van der Waals surface area contributed by atoms with Crippen molar-refractivity contribution in [1.82, 2.24) is 14.9 Å². The Morgan fingerprint density at radius 1 is 1.10 bits per heavy atom. The highest BCUT2D eigenvalue weighted by Crippen LogP contribution is 2.47. The van der Waals surface area contributed by atoms with Crippen LogP contribution in [0.4, 0.5) is 5.69 Å². The predicted octanol–water partition coefficient (Wildman–Crippen LogP) is 3.95. The number of hydrogen-bond acceptors (Lipinski definition) is 5. The molecule has 160 valence electrons. The highest BCUT2D eigenvalue weighted by Gasteiger charge is 2.46. The van der Waals surface area contributed by atoms with E-state index in [1.165, 1.54) is 30.6 Å². The van der Waals surface area contributed by atoms with Crippen LogP contribution in [0.15, 0.2) is 24.5 Å². The van der Waals surface area contributed by atoms with E-state index in [-0.39, 0.29) is 0 Å². The number of likely N-dealkylation sites (tertiary alicyclic amines) is 1. The molecule has 0 spiro atoms. The number of Topliss-reactive ketones (excluding diaryl/α,β-unsaturated/α-hetero) is 1. The molecule has 0 amide bonds. The van der Waals surface area contributed by atoms with Crippen molar-refractivity contribution in [3.8, 4) is 0 Å². The lowest BCUT2D eigenvalue weighted by Gasteiger charge is -2.53. The van der Waals surface area contributed by atoms with Gasteiger partial charge in [-0.25, -0.2) is 0 Å². The van der Waals surface area contributed by atoms with Crippen molar-refractivity contribution in [2.75, 3.05) is 38.1 Å². The third-order valence-electron chi connectivity index (χ3n) is 7.78. The minimum Gasteiger partial charge on any atom is -0.369 e. The molecule has 5 rings (SSSR count). The number of aryl methyl sites for hydroxylation is 1. The van der Waals surface area contributed by atoms with Crippen molar-refractivity contribution < 1.29 is 4.79 Å². The van der Waals surface area contributed by atoms with Crippen LogP contribution in [0.1, 0.15) is 38.3 Å². The van der Waals surface area contributed by atoms with Gasteiger partial charge in [-0.1, -0.05) is 6.92 Å². The molecule has 3 fully saturated rings. The minimum absolute atomic E-state index is 0.442. The second-order valence-electron chi connectivity index (χ2n) is 10.3. The van der Waals surface area contributed by atoms with Crippen LogP contribution in [0, 0.1) is 36.5 Å². The lowest BCUT2D eigenvalue weighted by molar-refractivity contribution is -0.126. The minimum atomic E-state index is 0.442. The first-order chi connectivity index (χ1) is 14.5. The van der Waals surface area contributed by atoms with Crippen LogP contribution in [0.2, 0.25) is 0 Å². The van der Waals surface area contributed by atoms with Gasteiger partial charge in [0.15, 0.2) is 0 Å². The van der Waals surface area contributed by atoms with Crippen LogP contribution < -0.4 is 4.90 Å². The number of hydrogen-bond donors (Lipinski definition) is 0. The van der Waals surface area contributed by atoms with Gasteiger partial charge in [0.05, 0.1) is 23.1 Å². The molecule has 2 unspecified atom stereocenters. The molecule has 5 nitrogen and oxygen atoms in total. The van der Waals surface area contributed by atoms with Gasteiger partial charge in [-0.3, -0.25) is 14.8 Å².